The summed E-state index contributed by atoms with van der Waals surface area (Å²) < 4.78 is 0. The van der Waals surface area contributed by atoms with E-state index in [4.69, 9.17) is 0 Å². The Morgan fingerprint density at radius 1 is 0.833 bits per heavy atom. The summed E-state index contributed by atoms with van der Waals surface area (Å²) in [5.41, 5.74) is 2.54. The molecule has 1 saturated heterocycles. The van der Waals surface area contributed by atoms with Crippen molar-refractivity contribution in [2.75, 3.05) is 0 Å². The van der Waals surface area contributed by atoms with Gasteiger partial charge in [-0.1, -0.05) is 79.6 Å². The van der Waals surface area contributed by atoms with Gasteiger partial charge in [-0.25, -0.2) is 0 Å². The van der Waals surface area contributed by atoms with Crippen LogP contribution in [0, 0.1) is 17.8 Å². The Morgan fingerprint density at radius 3 is 2.21 bits per heavy atom. The van der Waals surface area contributed by atoms with Gasteiger partial charge in [0.1, 0.15) is 0 Å². The summed E-state index contributed by atoms with van der Waals surface area (Å²) in [5, 5.41) is 0. The van der Waals surface area contributed by atoms with Gasteiger partial charge < -0.3 is 0 Å². The molecule has 2 aromatic rings. The van der Waals surface area contributed by atoms with Crippen molar-refractivity contribution in [2.24, 2.45) is 5.92 Å². The lowest BCUT2D eigenvalue weighted by Crippen LogP contribution is -2.17. The molecule has 0 amide bonds. The molecule has 1 aliphatic carbocycles. The van der Waals surface area contributed by atoms with Crippen LogP contribution in [0.2, 0.25) is 0 Å². The highest BCUT2D eigenvalue weighted by Crippen LogP contribution is 2.42. The first-order chi connectivity index (χ1) is 11.9. The van der Waals surface area contributed by atoms with E-state index in [1.165, 1.54) is 37.7 Å². The Hall–Kier alpha value is -2.04. The highest BCUT2D eigenvalue weighted by molar-refractivity contribution is 5.38. The highest BCUT2D eigenvalue weighted by atomic mass is 15.3. The molecule has 24 heavy (non-hydrogen) atoms. The average Bonchev–Trinajstić information content (AvgIpc) is 3.34. The molecule has 1 nitrogen and oxygen atoms in total. The van der Waals surface area contributed by atoms with Crippen molar-refractivity contribution in [3.8, 4) is 11.8 Å². The maximum absolute atomic E-state index is 3.57. The van der Waals surface area contributed by atoms with Gasteiger partial charge in [-0.3, -0.25) is 4.90 Å². The summed E-state index contributed by atoms with van der Waals surface area (Å²) in [6, 6.07) is 22.3. The van der Waals surface area contributed by atoms with Crippen LogP contribution in [0.4, 0.5) is 0 Å². The molecule has 4 rings (SSSR count). The molecule has 0 N–H and O–H groups in total. The normalized spacial score (nSPS) is 26.4. The van der Waals surface area contributed by atoms with Crippen LogP contribution in [0.5, 0.6) is 0 Å². The van der Waals surface area contributed by atoms with E-state index in [-0.39, 0.29) is 0 Å². The van der Waals surface area contributed by atoms with Crippen molar-refractivity contribution in [2.45, 2.75) is 50.7 Å². The third-order valence-corrected chi connectivity index (χ3v) is 5.45. The van der Waals surface area contributed by atoms with Gasteiger partial charge in [0.2, 0.25) is 0 Å². The molecule has 122 valence electrons. The minimum Gasteiger partial charge on any atom is -0.278 e. The van der Waals surface area contributed by atoms with E-state index in [0.717, 1.165) is 18.0 Å². The predicted octanol–water partition coefficient (Wildman–Crippen LogP) is 4.87. The monoisotopic (exact) mass is 315 g/mol. The molecular weight excluding hydrogens is 290 g/mol. The molecule has 1 heteroatoms. The van der Waals surface area contributed by atoms with Crippen molar-refractivity contribution in [3.63, 3.8) is 0 Å². The molecule has 1 aliphatic heterocycles. The predicted molar refractivity (Wildman–Crippen MR) is 99.5 cm³/mol. The van der Waals surface area contributed by atoms with Crippen LogP contribution in [0.3, 0.4) is 0 Å². The van der Waals surface area contributed by atoms with Crippen molar-refractivity contribution in [1.29, 1.82) is 0 Å². The van der Waals surface area contributed by atoms with Gasteiger partial charge in [-0.2, -0.15) is 0 Å². The van der Waals surface area contributed by atoms with Crippen LogP contribution in [-0.2, 0) is 6.54 Å². The molecule has 2 aromatic carbocycles. The molecule has 2 aliphatic rings. The molecule has 1 saturated carbocycles. The quantitative estimate of drug-likeness (QED) is 0.577. The minimum absolute atomic E-state index is 0.438. The number of hydrogen-bond donors (Lipinski definition) is 0. The third kappa shape index (κ3) is 3.55. The first-order valence-corrected chi connectivity index (χ1v) is 9.28. The average molecular weight is 315 g/mol. The molecule has 2 fully saturated rings. The largest absolute Gasteiger partial charge is 0.278 e. The lowest BCUT2D eigenvalue weighted by atomic mass is 9.85. The second-order valence-electron chi connectivity index (χ2n) is 7.13. The van der Waals surface area contributed by atoms with E-state index in [2.05, 4.69) is 77.4 Å². The fraction of sp³-hybridized carbons (Fsp3) is 0.391. The first kappa shape index (κ1) is 15.5. The third-order valence-electron chi connectivity index (χ3n) is 5.45. The van der Waals surface area contributed by atoms with Crippen LogP contribution < -0.4 is 0 Å². The smallest absolute Gasteiger partial charge is 0.0885 e. The number of benzene rings is 2. The van der Waals surface area contributed by atoms with Crippen molar-refractivity contribution in [3.05, 3.63) is 71.8 Å². The standard InChI is InChI=1S/C23H25N/c1-4-10-19(11-5-1)16-17-22-23(21-14-8-3-9-15-21)24(22)18-20-12-6-2-7-13-20/h1-2,4-7,10-13,21-23H,3,8-9,14-15,18H2/t22-,23-,24?/m1/s1. The zero-order valence-electron chi connectivity index (χ0n) is 14.2. The number of rotatable bonds is 3. The summed E-state index contributed by atoms with van der Waals surface area (Å²) in [7, 11) is 0. The van der Waals surface area contributed by atoms with Gasteiger partial charge in [-0.05, 0) is 36.5 Å². The summed E-state index contributed by atoms with van der Waals surface area (Å²) in [5.74, 6) is 7.81. The van der Waals surface area contributed by atoms with Gasteiger partial charge in [0, 0.05) is 18.2 Å². The van der Waals surface area contributed by atoms with E-state index in [1.807, 2.05) is 0 Å². The molecule has 0 bridgehead atoms. The van der Waals surface area contributed by atoms with Gasteiger partial charge in [0.15, 0.2) is 0 Å². The topological polar surface area (TPSA) is 3.01 Å². The Morgan fingerprint density at radius 2 is 1.50 bits per heavy atom. The molecular formula is C23H25N. The molecule has 1 unspecified atom stereocenters. The molecule has 0 spiro atoms. The maximum atomic E-state index is 3.57. The van der Waals surface area contributed by atoms with Crippen LogP contribution in [0.1, 0.15) is 43.2 Å². The summed E-state index contributed by atoms with van der Waals surface area (Å²) in [6.45, 7) is 1.04. The zero-order valence-corrected chi connectivity index (χ0v) is 14.2. The van der Waals surface area contributed by atoms with Gasteiger partial charge in [0.05, 0.1) is 6.04 Å². The fourth-order valence-corrected chi connectivity index (χ4v) is 4.15. The summed E-state index contributed by atoms with van der Waals surface area (Å²) in [6.07, 6.45) is 7.00. The first-order valence-electron chi connectivity index (χ1n) is 9.28. The van der Waals surface area contributed by atoms with Gasteiger partial charge >= 0.3 is 0 Å². The van der Waals surface area contributed by atoms with Crippen molar-refractivity contribution < 1.29 is 0 Å². The lowest BCUT2D eigenvalue weighted by molar-refractivity contribution is 0.309. The lowest BCUT2D eigenvalue weighted by Gasteiger charge is -2.21. The minimum atomic E-state index is 0.438. The van der Waals surface area contributed by atoms with Gasteiger partial charge in [0.25, 0.3) is 0 Å². The number of nitrogens with zero attached hydrogens (tertiary/aromatic N) is 1. The summed E-state index contributed by atoms with van der Waals surface area (Å²) in [4.78, 5) is 2.61. The number of hydrogen-bond acceptors (Lipinski definition) is 1. The summed E-state index contributed by atoms with van der Waals surface area (Å²) >= 11 is 0. The molecule has 0 aromatic heterocycles. The second-order valence-corrected chi connectivity index (χ2v) is 7.13. The Balaban J connectivity index is 1.50. The molecule has 1 heterocycles. The Bertz CT molecular complexity index is 704. The molecule has 0 radical (unpaired) electrons. The van der Waals surface area contributed by atoms with Crippen LogP contribution >= 0.6 is 0 Å². The van der Waals surface area contributed by atoms with Crippen LogP contribution in [-0.4, -0.2) is 17.0 Å². The SMILES string of the molecule is C(#C[C@@H]1[C@@H](C2CCCCC2)N1Cc1ccccc1)c1ccccc1. The van der Waals surface area contributed by atoms with E-state index >= 15 is 0 Å². The zero-order chi connectivity index (χ0) is 16.2. The van der Waals surface area contributed by atoms with Crippen LogP contribution in [0.15, 0.2) is 60.7 Å². The van der Waals surface area contributed by atoms with Crippen molar-refractivity contribution >= 4 is 0 Å². The van der Waals surface area contributed by atoms with Crippen molar-refractivity contribution in [1.82, 2.24) is 4.90 Å². The maximum Gasteiger partial charge on any atom is 0.0885 e. The van der Waals surface area contributed by atoms with E-state index in [9.17, 15) is 0 Å². The van der Waals surface area contributed by atoms with E-state index < -0.39 is 0 Å². The van der Waals surface area contributed by atoms with E-state index in [0.29, 0.717) is 12.1 Å². The van der Waals surface area contributed by atoms with Gasteiger partial charge in [-0.15, -0.1) is 0 Å². The van der Waals surface area contributed by atoms with Crippen LogP contribution in [0.25, 0.3) is 0 Å². The molecule has 3 atom stereocenters. The second kappa shape index (κ2) is 7.24. The Labute approximate surface area is 145 Å². The fourth-order valence-electron chi connectivity index (χ4n) is 4.15. The van der Waals surface area contributed by atoms with E-state index in [1.54, 1.807) is 0 Å². The highest BCUT2D eigenvalue weighted by Gasteiger charge is 2.50. The Kier molecular flexibility index (Phi) is 4.67.